The average molecular weight is 370 g/mol. The zero-order chi connectivity index (χ0) is 19.8. The number of carbonyl (C=O) groups excluding carboxylic acids is 1. The average Bonchev–Trinajstić information content (AvgIpc) is 2.67. The second kappa shape index (κ2) is 9.38. The van der Waals surface area contributed by atoms with Gasteiger partial charge in [0.05, 0.1) is 0 Å². The highest BCUT2D eigenvalue weighted by molar-refractivity contribution is 5.90. The van der Waals surface area contributed by atoms with Crippen LogP contribution in [0.5, 0.6) is 0 Å². The minimum absolute atomic E-state index is 0.196. The lowest BCUT2D eigenvalue weighted by Crippen LogP contribution is -2.54. The Kier molecular flexibility index (Phi) is 6.93. The lowest BCUT2D eigenvalue weighted by Gasteiger charge is -2.35. The van der Waals surface area contributed by atoms with Crippen molar-refractivity contribution in [1.82, 2.24) is 5.32 Å². The molecule has 0 saturated heterocycles. The molecule has 7 nitrogen and oxygen atoms in total. The Balaban J connectivity index is 2.36. The first-order valence-electron chi connectivity index (χ1n) is 8.49. The fourth-order valence-corrected chi connectivity index (χ4v) is 2.85. The number of nitrogens with one attached hydrogen (secondary N) is 1. The third kappa shape index (κ3) is 5.57. The van der Waals surface area contributed by atoms with Gasteiger partial charge in [-0.15, -0.1) is 0 Å². The van der Waals surface area contributed by atoms with Crippen molar-refractivity contribution in [3.8, 4) is 0 Å². The molecule has 142 valence electrons. The van der Waals surface area contributed by atoms with Gasteiger partial charge in [0.15, 0.2) is 0 Å². The molecule has 0 heterocycles. The van der Waals surface area contributed by atoms with Gasteiger partial charge in [-0.3, -0.25) is 9.59 Å². The molecule has 1 amide bonds. The quantitative estimate of drug-likeness (QED) is 0.621. The molecule has 0 spiro atoms. The van der Waals surface area contributed by atoms with E-state index >= 15 is 0 Å². The third-order valence-electron chi connectivity index (χ3n) is 4.16. The molecule has 0 radical (unpaired) electrons. The highest BCUT2D eigenvalue weighted by Crippen LogP contribution is 2.22. The van der Waals surface area contributed by atoms with E-state index in [-0.39, 0.29) is 6.42 Å². The summed E-state index contributed by atoms with van der Waals surface area (Å²) >= 11 is 0. The molecule has 0 aliphatic rings. The molecule has 0 saturated carbocycles. The molecule has 0 aromatic heterocycles. The van der Waals surface area contributed by atoms with Crippen molar-refractivity contribution >= 4 is 23.5 Å². The van der Waals surface area contributed by atoms with Gasteiger partial charge in [-0.1, -0.05) is 48.5 Å². The second-order valence-electron chi connectivity index (χ2n) is 6.07. The summed E-state index contributed by atoms with van der Waals surface area (Å²) in [6, 6.07) is 16.0. The van der Waals surface area contributed by atoms with E-state index in [0.29, 0.717) is 5.69 Å². The van der Waals surface area contributed by atoms with Crippen LogP contribution in [0.2, 0.25) is 0 Å². The van der Waals surface area contributed by atoms with Crippen LogP contribution in [0.25, 0.3) is 0 Å². The highest BCUT2D eigenvalue weighted by atomic mass is 16.4. The van der Waals surface area contributed by atoms with Crippen molar-refractivity contribution in [2.45, 2.75) is 25.4 Å². The molecule has 2 rings (SSSR count). The molecule has 2 atom stereocenters. The molecule has 7 heteroatoms. The van der Waals surface area contributed by atoms with Gasteiger partial charge < -0.3 is 20.4 Å². The first-order valence-corrected chi connectivity index (χ1v) is 8.49. The normalized spacial score (nSPS) is 12.6. The Morgan fingerprint density at radius 2 is 1.52 bits per heavy atom. The minimum atomic E-state index is -1.17. The van der Waals surface area contributed by atoms with Gasteiger partial charge in [0, 0.05) is 12.1 Å². The Morgan fingerprint density at radius 3 is 2.04 bits per heavy atom. The minimum Gasteiger partial charge on any atom is -0.480 e. The van der Waals surface area contributed by atoms with Gasteiger partial charge in [0.25, 0.3) is 0 Å². The van der Waals surface area contributed by atoms with Gasteiger partial charge >= 0.3 is 11.9 Å². The van der Waals surface area contributed by atoms with Gasteiger partial charge in [-0.25, -0.2) is 4.79 Å². The van der Waals surface area contributed by atoms with Crippen LogP contribution in [0.15, 0.2) is 60.7 Å². The Bertz CT molecular complexity index is 779. The van der Waals surface area contributed by atoms with E-state index in [9.17, 15) is 19.5 Å². The summed E-state index contributed by atoms with van der Waals surface area (Å²) in [5.74, 6) is -2.79. The molecule has 2 aromatic carbocycles. The van der Waals surface area contributed by atoms with Crippen LogP contribution in [-0.2, 0) is 20.8 Å². The van der Waals surface area contributed by atoms with E-state index in [1.54, 1.807) is 37.3 Å². The molecule has 1 unspecified atom stereocenters. The van der Waals surface area contributed by atoms with Gasteiger partial charge in [0.1, 0.15) is 18.6 Å². The van der Waals surface area contributed by atoms with E-state index < -0.39 is 36.5 Å². The van der Waals surface area contributed by atoms with Crippen LogP contribution in [0.4, 0.5) is 5.69 Å². The van der Waals surface area contributed by atoms with Gasteiger partial charge in [-0.05, 0) is 24.6 Å². The Hall–Kier alpha value is -3.35. The summed E-state index contributed by atoms with van der Waals surface area (Å²) in [7, 11) is 0. The molecule has 2 aromatic rings. The van der Waals surface area contributed by atoms with E-state index in [1.165, 1.54) is 4.90 Å². The zero-order valence-electron chi connectivity index (χ0n) is 14.9. The van der Waals surface area contributed by atoms with Crippen LogP contribution < -0.4 is 10.2 Å². The summed E-state index contributed by atoms with van der Waals surface area (Å²) in [5, 5.41) is 20.9. The molecular weight excluding hydrogens is 348 g/mol. The van der Waals surface area contributed by atoms with Crippen molar-refractivity contribution in [2.75, 3.05) is 11.4 Å². The fraction of sp³-hybridized carbons (Fsp3) is 0.250. The smallest absolute Gasteiger partial charge is 0.326 e. The molecule has 0 bridgehead atoms. The Morgan fingerprint density at radius 1 is 0.963 bits per heavy atom. The van der Waals surface area contributed by atoms with E-state index in [4.69, 9.17) is 5.11 Å². The van der Waals surface area contributed by atoms with E-state index in [0.717, 1.165) is 5.56 Å². The summed E-state index contributed by atoms with van der Waals surface area (Å²) in [6.07, 6.45) is 0.196. The van der Waals surface area contributed by atoms with Crippen LogP contribution in [0.3, 0.4) is 0 Å². The number of para-hydroxylation sites is 1. The molecule has 27 heavy (non-hydrogen) atoms. The number of hydrogen-bond donors (Lipinski definition) is 3. The number of hydrogen-bond acceptors (Lipinski definition) is 4. The number of carboxylic acid groups (broad SMARTS) is 2. The van der Waals surface area contributed by atoms with Crippen molar-refractivity contribution in [3.63, 3.8) is 0 Å². The first kappa shape index (κ1) is 20.0. The number of nitrogens with zero attached hydrogens (tertiary/aromatic N) is 1. The number of benzene rings is 2. The predicted molar refractivity (Wildman–Crippen MR) is 101 cm³/mol. The maximum Gasteiger partial charge on any atom is 0.326 e. The standard InChI is InChI=1S/C20H22N2O5/c1-14(19(25)21-13-18(23)24)22(16-10-6-3-7-11-16)17(20(26)27)12-15-8-4-2-5-9-15/h2-11,14,17H,12-13H2,1H3,(H,21,25)(H,23,24)(H,26,27)/t14?,17-/m0/s1. The van der Waals surface area contributed by atoms with E-state index in [2.05, 4.69) is 5.32 Å². The zero-order valence-corrected chi connectivity index (χ0v) is 14.9. The fourth-order valence-electron chi connectivity index (χ4n) is 2.85. The van der Waals surface area contributed by atoms with Crippen LogP contribution in [0.1, 0.15) is 12.5 Å². The monoisotopic (exact) mass is 370 g/mol. The van der Waals surface area contributed by atoms with Gasteiger partial charge in [0.2, 0.25) is 5.91 Å². The third-order valence-corrected chi connectivity index (χ3v) is 4.16. The van der Waals surface area contributed by atoms with E-state index in [1.807, 2.05) is 30.3 Å². The molecule has 0 aliphatic heterocycles. The molecule has 3 N–H and O–H groups in total. The summed E-state index contributed by atoms with van der Waals surface area (Å²) < 4.78 is 0. The highest BCUT2D eigenvalue weighted by Gasteiger charge is 2.33. The lowest BCUT2D eigenvalue weighted by molar-refractivity contribution is -0.140. The largest absolute Gasteiger partial charge is 0.480 e. The topological polar surface area (TPSA) is 107 Å². The van der Waals surface area contributed by atoms with Crippen LogP contribution in [-0.4, -0.2) is 46.7 Å². The maximum atomic E-state index is 12.4. The van der Waals surface area contributed by atoms with Crippen molar-refractivity contribution < 1.29 is 24.6 Å². The first-order chi connectivity index (χ1) is 12.9. The predicted octanol–water partition coefficient (Wildman–Crippen LogP) is 1.78. The molecular formula is C20H22N2O5. The molecule has 0 fully saturated rings. The second-order valence-corrected chi connectivity index (χ2v) is 6.07. The van der Waals surface area contributed by atoms with Crippen molar-refractivity contribution in [3.05, 3.63) is 66.2 Å². The number of carbonyl (C=O) groups is 3. The van der Waals surface area contributed by atoms with Crippen LogP contribution >= 0.6 is 0 Å². The molecule has 0 aliphatic carbocycles. The van der Waals surface area contributed by atoms with Crippen molar-refractivity contribution in [2.24, 2.45) is 0 Å². The number of aliphatic carboxylic acids is 2. The number of carboxylic acids is 2. The Labute approximate surface area is 157 Å². The lowest BCUT2D eigenvalue weighted by atomic mass is 10.0. The number of amides is 1. The summed E-state index contributed by atoms with van der Waals surface area (Å²) in [5.41, 5.74) is 1.39. The van der Waals surface area contributed by atoms with Crippen LogP contribution in [0, 0.1) is 0 Å². The van der Waals surface area contributed by atoms with Crippen molar-refractivity contribution in [1.29, 1.82) is 0 Å². The SMILES string of the molecule is CC(C(=O)NCC(=O)O)N(c1ccccc1)[C@@H](Cc1ccccc1)C(=O)O. The number of anilines is 1. The summed E-state index contributed by atoms with van der Waals surface area (Å²) in [6.45, 7) is 1.04. The summed E-state index contributed by atoms with van der Waals surface area (Å²) in [4.78, 5) is 36.7. The number of rotatable bonds is 9. The maximum absolute atomic E-state index is 12.4. The van der Waals surface area contributed by atoms with Gasteiger partial charge in [-0.2, -0.15) is 0 Å².